The van der Waals surface area contributed by atoms with Gasteiger partial charge in [0.1, 0.15) is 0 Å². The van der Waals surface area contributed by atoms with Gasteiger partial charge in [-0.15, -0.1) is 0 Å². The molecule has 0 saturated carbocycles. The van der Waals surface area contributed by atoms with Crippen LogP contribution in [0.5, 0.6) is 0 Å². The lowest BCUT2D eigenvalue weighted by Crippen LogP contribution is -1.77. The van der Waals surface area contributed by atoms with Crippen LogP contribution < -0.4 is 0 Å². The third-order valence-electron chi connectivity index (χ3n) is 0.0797. The van der Waals surface area contributed by atoms with Crippen molar-refractivity contribution >= 4 is 32.7 Å². The number of halogens is 2. The molecule has 0 aliphatic carbocycles. The molecule has 2 radical (unpaired) electrons. The monoisotopic (exact) mass is 130 g/mol. The van der Waals surface area contributed by atoms with Gasteiger partial charge in [-0.2, -0.15) is 0 Å². The fourth-order valence-corrected chi connectivity index (χ4v) is 0. The highest BCUT2D eigenvalue weighted by atomic mass is 35.5. The molecule has 4 heteroatoms. The van der Waals surface area contributed by atoms with E-state index in [0.717, 1.165) is 0 Å². The molecule has 0 N–H and O–H groups in total. The minimum atomic E-state index is -0.807. The lowest BCUT2D eigenvalue weighted by atomic mass is 11.7. The van der Waals surface area contributed by atoms with E-state index in [-0.39, 0.29) is 0 Å². The van der Waals surface area contributed by atoms with Gasteiger partial charge in [0.05, 0.1) is 0 Å². The Balaban J connectivity index is 2.54. The van der Waals surface area contributed by atoms with Gasteiger partial charge in [-0.3, -0.25) is 0 Å². The normalized spacial score (nSPS) is 9.60. The van der Waals surface area contributed by atoms with Crippen molar-refractivity contribution in [3.63, 3.8) is 0 Å². The summed E-state index contributed by atoms with van der Waals surface area (Å²) < 4.78 is 3.98. The van der Waals surface area contributed by atoms with Gasteiger partial charge in [-0.05, 0) is 0 Å². The van der Waals surface area contributed by atoms with E-state index in [2.05, 4.69) is 14.0 Å². The van der Waals surface area contributed by atoms with Gasteiger partial charge in [0.25, 0.3) is 0 Å². The van der Waals surface area contributed by atoms with Gasteiger partial charge >= 0.3 is 0 Å². The summed E-state index contributed by atoms with van der Waals surface area (Å²) in [6.45, 7) is 0. The highest BCUT2D eigenvalue weighted by Crippen LogP contribution is 2.05. The molecule has 0 unspecified atom stereocenters. The molecular formula is CHCl2OP. The maximum absolute atomic E-state index is 4.93. The molecule has 0 bridgehead atoms. The van der Waals surface area contributed by atoms with Crippen LogP contribution in [-0.2, 0) is 4.52 Å². The van der Waals surface area contributed by atoms with Gasteiger partial charge in [0.2, 0.25) is 5.02 Å². The molecule has 0 spiro atoms. The number of hydrogen-bond donors (Lipinski definition) is 0. The summed E-state index contributed by atoms with van der Waals surface area (Å²) in [6, 6.07) is 0. The van der Waals surface area contributed by atoms with Crippen LogP contribution in [0.2, 0.25) is 0 Å². The van der Waals surface area contributed by atoms with E-state index in [9.17, 15) is 0 Å². The Morgan fingerprint density at radius 1 is 1.60 bits per heavy atom. The molecule has 0 rings (SSSR count). The Bertz CT molecular complexity index is 23.6. The van der Waals surface area contributed by atoms with Gasteiger partial charge < -0.3 is 4.52 Å². The molecule has 0 fully saturated rings. The van der Waals surface area contributed by atoms with Crippen molar-refractivity contribution < 1.29 is 4.52 Å². The van der Waals surface area contributed by atoms with E-state index in [0.29, 0.717) is 0 Å². The molecule has 0 amide bonds. The van der Waals surface area contributed by atoms with Crippen molar-refractivity contribution in [1.82, 2.24) is 0 Å². The van der Waals surface area contributed by atoms with Crippen molar-refractivity contribution in [2.45, 2.75) is 5.02 Å². The summed E-state index contributed by atoms with van der Waals surface area (Å²) in [4.78, 5) is 0. The van der Waals surface area contributed by atoms with Crippen molar-refractivity contribution in [1.29, 1.82) is 0 Å². The van der Waals surface area contributed by atoms with E-state index in [1.165, 1.54) is 0 Å². The summed E-state index contributed by atoms with van der Waals surface area (Å²) in [5, 5.41) is -0.807. The Labute approximate surface area is 42.9 Å². The maximum atomic E-state index is 4.93. The standard InChI is InChI=1S/CHCl2OP/c2-1(3)4-5/h1H. The first-order chi connectivity index (χ1) is 2.27. The van der Waals surface area contributed by atoms with Crippen LogP contribution in [0, 0.1) is 0 Å². The van der Waals surface area contributed by atoms with E-state index < -0.39 is 5.02 Å². The molecule has 0 saturated heterocycles. The van der Waals surface area contributed by atoms with Crippen LogP contribution in [0.1, 0.15) is 0 Å². The first-order valence-electron chi connectivity index (χ1n) is 0.855. The lowest BCUT2D eigenvalue weighted by molar-refractivity contribution is 0.418. The minimum absolute atomic E-state index is 0.807. The second kappa shape index (κ2) is 3.17. The van der Waals surface area contributed by atoms with Crippen LogP contribution >= 0.6 is 32.7 Å². The van der Waals surface area contributed by atoms with Crippen LogP contribution in [0.4, 0.5) is 0 Å². The smallest absolute Gasteiger partial charge is 0.211 e. The Morgan fingerprint density at radius 3 is 1.80 bits per heavy atom. The summed E-state index contributed by atoms with van der Waals surface area (Å²) in [5.41, 5.74) is 0. The molecule has 30 valence electrons. The highest BCUT2D eigenvalue weighted by molar-refractivity contribution is 7.10. The van der Waals surface area contributed by atoms with Gasteiger partial charge in [-0.25, -0.2) is 0 Å². The average molecular weight is 131 g/mol. The zero-order chi connectivity index (χ0) is 4.28. The molecule has 0 aliphatic rings. The van der Waals surface area contributed by atoms with Crippen molar-refractivity contribution in [3.05, 3.63) is 0 Å². The third kappa shape index (κ3) is 4.97. The lowest BCUT2D eigenvalue weighted by Gasteiger charge is -1.86. The predicted molar refractivity (Wildman–Crippen MR) is 23.5 cm³/mol. The average Bonchev–Trinajstić information content (AvgIpc) is 1.38. The SMILES string of the molecule is [P]OC(Cl)Cl. The third-order valence-corrected chi connectivity index (χ3v) is 0.717. The van der Waals surface area contributed by atoms with Crippen LogP contribution in [0.15, 0.2) is 0 Å². The number of alkyl halides is 2. The zero-order valence-electron chi connectivity index (χ0n) is 2.19. The van der Waals surface area contributed by atoms with Crippen LogP contribution in [0.3, 0.4) is 0 Å². The summed E-state index contributed by atoms with van der Waals surface area (Å²) >= 11 is 9.86. The van der Waals surface area contributed by atoms with Gasteiger partial charge in [0.15, 0.2) is 9.47 Å². The fourth-order valence-electron chi connectivity index (χ4n) is 0. The molecule has 0 atom stereocenters. The Morgan fingerprint density at radius 2 is 1.80 bits per heavy atom. The van der Waals surface area contributed by atoms with E-state index >= 15 is 0 Å². The van der Waals surface area contributed by atoms with Crippen molar-refractivity contribution in [3.8, 4) is 0 Å². The highest BCUT2D eigenvalue weighted by Gasteiger charge is 1.87. The van der Waals surface area contributed by atoms with E-state index in [1.807, 2.05) is 0 Å². The minimum Gasteiger partial charge on any atom is -0.311 e. The molecule has 0 heterocycles. The van der Waals surface area contributed by atoms with Gasteiger partial charge in [0, 0.05) is 0 Å². The summed E-state index contributed by atoms with van der Waals surface area (Å²) in [7, 11) is 3.25. The molecular weight excluding hydrogens is 130 g/mol. The van der Waals surface area contributed by atoms with E-state index in [4.69, 9.17) is 23.2 Å². The summed E-state index contributed by atoms with van der Waals surface area (Å²) in [6.07, 6.45) is 0. The second-order valence-corrected chi connectivity index (χ2v) is 1.59. The maximum Gasteiger partial charge on any atom is 0.211 e. The number of rotatable bonds is 1. The van der Waals surface area contributed by atoms with Crippen molar-refractivity contribution in [2.75, 3.05) is 0 Å². The van der Waals surface area contributed by atoms with Gasteiger partial charge in [-0.1, -0.05) is 23.2 Å². The van der Waals surface area contributed by atoms with Crippen molar-refractivity contribution in [2.24, 2.45) is 0 Å². The molecule has 5 heavy (non-hydrogen) atoms. The topological polar surface area (TPSA) is 9.23 Å². The van der Waals surface area contributed by atoms with E-state index in [1.54, 1.807) is 0 Å². The predicted octanol–water partition coefficient (Wildman–Crippen LogP) is 2.09. The Kier molecular flexibility index (Phi) is 3.79. The zero-order valence-corrected chi connectivity index (χ0v) is 4.60. The summed E-state index contributed by atoms with van der Waals surface area (Å²) in [5.74, 6) is 0. The molecule has 0 aromatic rings. The first kappa shape index (κ1) is 5.97. The molecule has 0 aromatic heterocycles. The number of hydrogen-bond acceptors (Lipinski definition) is 1. The fraction of sp³-hybridized carbons (Fsp3) is 1.00. The molecule has 0 aromatic carbocycles. The quantitative estimate of drug-likeness (QED) is 0.391. The Hall–Kier alpha value is 0.970. The first-order valence-corrected chi connectivity index (χ1v) is 2.09. The molecule has 1 nitrogen and oxygen atoms in total. The largest absolute Gasteiger partial charge is 0.311 e. The van der Waals surface area contributed by atoms with Crippen LogP contribution in [-0.4, -0.2) is 5.02 Å². The molecule has 0 aliphatic heterocycles. The second-order valence-electron chi connectivity index (χ2n) is 0.366. The van der Waals surface area contributed by atoms with Crippen LogP contribution in [0.25, 0.3) is 0 Å².